The quantitative estimate of drug-likeness (QED) is 0.801. The second-order valence-corrected chi connectivity index (χ2v) is 6.96. The molecule has 1 atom stereocenters. The van der Waals surface area contributed by atoms with E-state index >= 15 is 0 Å². The molecule has 0 aromatic heterocycles. The van der Waals surface area contributed by atoms with E-state index in [1.54, 1.807) is 4.90 Å². The summed E-state index contributed by atoms with van der Waals surface area (Å²) in [4.78, 5) is 28.3. The third-order valence-corrected chi connectivity index (χ3v) is 5.06. The predicted octanol–water partition coefficient (Wildman–Crippen LogP) is 2.03. The number of likely N-dealkylation sites (tertiary alicyclic amines) is 2. The number of nitriles is 1. The minimum absolute atomic E-state index is 0.0375. The molecule has 2 rings (SSSR count). The first-order valence-electron chi connectivity index (χ1n) is 8.47. The number of rotatable bonds is 3. The summed E-state index contributed by atoms with van der Waals surface area (Å²) in [6.07, 6.45) is 4.04. The molecule has 0 aromatic rings. The maximum absolute atomic E-state index is 12.4. The first-order chi connectivity index (χ1) is 10.5. The highest BCUT2D eigenvalue weighted by Crippen LogP contribution is 2.21. The SMILES string of the molecule is CC1CCN(C(=O)CC(C#N)C(=O)N2CCC(C)CC2)CC1. The average Bonchev–Trinajstić information content (AvgIpc) is 2.53. The summed E-state index contributed by atoms with van der Waals surface area (Å²) in [5.74, 6) is 0.278. The van der Waals surface area contributed by atoms with Crippen LogP contribution in [0.4, 0.5) is 0 Å². The van der Waals surface area contributed by atoms with Crippen molar-refractivity contribution in [1.82, 2.24) is 9.80 Å². The van der Waals surface area contributed by atoms with Crippen LogP contribution < -0.4 is 0 Å². The van der Waals surface area contributed by atoms with E-state index in [0.717, 1.165) is 38.8 Å². The third-order valence-electron chi connectivity index (χ3n) is 5.06. The predicted molar refractivity (Wildman–Crippen MR) is 83.7 cm³/mol. The summed E-state index contributed by atoms with van der Waals surface area (Å²) in [6, 6.07) is 2.05. The summed E-state index contributed by atoms with van der Waals surface area (Å²) in [7, 11) is 0. The molecule has 0 aliphatic carbocycles. The zero-order valence-corrected chi connectivity index (χ0v) is 13.8. The van der Waals surface area contributed by atoms with Gasteiger partial charge in [-0.15, -0.1) is 0 Å². The number of piperidine rings is 2. The second-order valence-electron chi connectivity index (χ2n) is 6.96. The lowest BCUT2D eigenvalue weighted by Gasteiger charge is -2.33. The van der Waals surface area contributed by atoms with Crippen molar-refractivity contribution in [3.05, 3.63) is 0 Å². The molecule has 5 nitrogen and oxygen atoms in total. The topological polar surface area (TPSA) is 64.4 Å². The van der Waals surface area contributed by atoms with E-state index in [1.165, 1.54) is 0 Å². The van der Waals surface area contributed by atoms with Gasteiger partial charge in [0.2, 0.25) is 11.8 Å². The van der Waals surface area contributed by atoms with Crippen LogP contribution in [0.25, 0.3) is 0 Å². The minimum Gasteiger partial charge on any atom is -0.343 e. The highest BCUT2D eigenvalue weighted by atomic mass is 16.2. The van der Waals surface area contributed by atoms with Crippen LogP contribution in [-0.2, 0) is 9.59 Å². The number of amides is 2. The second kappa shape index (κ2) is 7.62. The number of carbonyl (C=O) groups is 2. The molecule has 2 saturated heterocycles. The Morgan fingerprint density at radius 1 is 1.00 bits per heavy atom. The van der Waals surface area contributed by atoms with Crippen molar-refractivity contribution >= 4 is 11.8 Å². The maximum atomic E-state index is 12.4. The largest absolute Gasteiger partial charge is 0.343 e. The van der Waals surface area contributed by atoms with E-state index in [-0.39, 0.29) is 18.2 Å². The molecule has 2 aliphatic heterocycles. The number of hydrogen-bond acceptors (Lipinski definition) is 3. The maximum Gasteiger partial charge on any atom is 0.240 e. The van der Waals surface area contributed by atoms with E-state index < -0.39 is 5.92 Å². The number of nitrogens with zero attached hydrogens (tertiary/aromatic N) is 3. The van der Waals surface area contributed by atoms with Gasteiger partial charge in [0.1, 0.15) is 5.92 Å². The summed E-state index contributed by atoms with van der Waals surface area (Å²) in [6.45, 7) is 7.33. The van der Waals surface area contributed by atoms with Gasteiger partial charge in [-0.05, 0) is 37.5 Å². The Kier molecular flexibility index (Phi) is 5.82. The van der Waals surface area contributed by atoms with Crippen molar-refractivity contribution < 1.29 is 9.59 Å². The molecule has 0 aromatic carbocycles. The molecular formula is C17H27N3O2. The van der Waals surface area contributed by atoms with Gasteiger partial charge < -0.3 is 9.80 Å². The Morgan fingerprint density at radius 2 is 1.45 bits per heavy atom. The Balaban J connectivity index is 1.87. The summed E-state index contributed by atoms with van der Waals surface area (Å²) in [5.41, 5.74) is 0. The molecule has 0 N–H and O–H groups in total. The van der Waals surface area contributed by atoms with Gasteiger partial charge in [-0.25, -0.2) is 0 Å². The Labute approximate surface area is 133 Å². The van der Waals surface area contributed by atoms with E-state index in [4.69, 9.17) is 0 Å². The highest BCUT2D eigenvalue weighted by molar-refractivity contribution is 5.87. The first-order valence-corrected chi connectivity index (χ1v) is 8.47. The zero-order chi connectivity index (χ0) is 16.1. The fourth-order valence-corrected chi connectivity index (χ4v) is 3.20. The van der Waals surface area contributed by atoms with Gasteiger partial charge in [0.05, 0.1) is 12.5 Å². The van der Waals surface area contributed by atoms with E-state index in [2.05, 4.69) is 19.9 Å². The molecular weight excluding hydrogens is 278 g/mol. The lowest BCUT2D eigenvalue weighted by Crippen LogP contribution is -2.44. The van der Waals surface area contributed by atoms with Crippen molar-refractivity contribution in [3.63, 3.8) is 0 Å². The van der Waals surface area contributed by atoms with Crippen LogP contribution in [0.1, 0.15) is 46.0 Å². The van der Waals surface area contributed by atoms with Gasteiger partial charge in [-0.3, -0.25) is 9.59 Å². The van der Waals surface area contributed by atoms with Crippen LogP contribution in [0.2, 0.25) is 0 Å². The molecule has 0 spiro atoms. The van der Waals surface area contributed by atoms with E-state index in [0.29, 0.717) is 24.9 Å². The van der Waals surface area contributed by atoms with Crippen molar-refractivity contribution in [3.8, 4) is 6.07 Å². The molecule has 2 fully saturated rings. The van der Waals surface area contributed by atoms with Crippen molar-refractivity contribution in [1.29, 1.82) is 5.26 Å². The van der Waals surface area contributed by atoms with Crippen LogP contribution in [0.5, 0.6) is 0 Å². The molecule has 2 heterocycles. The summed E-state index contributed by atoms with van der Waals surface area (Å²) < 4.78 is 0. The van der Waals surface area contributed by atoms with Gasteiger partial charge in [-0.1, -0.05) is 13.8 Å². The van der Waals surface area contributed by atoms with Gasteiger partial charge in [-0.2, -0.15) is 5.26 Å². The third kappa shape index (κ3) is 4.22. The fraction of sp³-hybridized carbons (Fsp3) is 0.824. The van der Waals surface area contributed by atoms with Gasteiger partial charge in [0.25, 0.3) is 0 Å². The van der Waals surface area contributed by atoms with Gasteiger partial charge in [0, 0.05) is 26.2 Å². The van der Waals surface area contributed by atoms with E-state index in [1.807, 2.05) is 4.90 Å². The minimum atomic E-state index is -0.819. The number of hydrogen-bond donors (Lipinski definition) is 0. The van der Waals surface area contributed by atoms with Crippen LogP contribution >= 0.6 is 0 Å². The van der Waals surface area contributed by atoms with E-state index in [9.17, 15) is 14.9 Å². The molecule has 5 heteroatoms. The smallest absolute Gasteiger partial charge is 0.240 e. The van der Waals surface area contributed by atoms with Crippen LogP contribution in [-0.4, -0.2) is 47.8 Å². The Morgan fingerprint density at radius 3 is 1.91 bits per heavy atom. The standard InChI is InChI=1S/C17H27N3O2/c1-13-3-7-19(8-4-13)16(21)11-15(12-18)17(22)20-9-5-14(2)6-10-20/h13-15H,3-11H2,1-2H3. The van der Waals surface area contributed by atoms with Crippen molar-refractivity contribution in [2.24, 2.45) is 17.8 Å². The molecule has 22 heavy (non-hydrogen) atoms. The molecule has 2 aliphatic rings. The Hall–Kier alpha value is -1.57. The van der Waals surface area contributed by atoms with Crippen LogP contribution in [0.3, 0.4) is 0 Å². The molecule has 1 unspecified atom stereocenters. The first kappa shape index (κ1) is 16.8. The van der Waals surface area contributed by atoms with Crippen LogP contribution in [0, 0.1) is 29.1 Å². The van der Waals surface area contributed by atoms with Gasteiger partial charge >= 0.3 is 0 Å². The zero-order valence-electron chi connectivity index (χ0n) is 13.8. The fourth-order valence-electron chi connectivity index (χ4n) is 3.20. The van der Waals surface area contributed by atoms with Crippen molar-refractivity contribution in [2.45, 2.75) is 46.0 Å². The van der Waals surface area contributed by atoms with Crippen molar-refractivity contribution in [2.75, 3.05) is 26.2 Å². The van der Waals surface area contributed by atoms with Crippen LogP contribution in [0.15, 0.2) is 0 Å². The lowest BCUT2D eigenvalue weighted by atomic mass is 9.96. The highest BCUT2D eigenvalue weighted by Gasteiger charge is 2.31. The average molecular weight is 305 g/mol. The summed E-state index contributed by atoms with van der Waals surface area (Å²) >= 11 is 0. The number of carbonyl (C=O) groups excluding carboxylic acids is 2. The molecule has 0 bridgehead atoms. The molecule has 0 radical (unpaired) electrons. The summed E-state index contributed by atoms with van der Waals surface area (Å²) in [5, 5.41) is 9.30. The molecule has 122 valence electrons. The lowest BCUT2D eigenvalue weighted by molar-refractivity contribution is -0.141. The molecule has 0 saturated carbocycles. The Bertz CT molecular complexity index is 441. The monoisotopic (exact) mass is 305 g/mol. The van der Waals surface area contributed by atoms with Gasteiger partial charge in [0.15, 0.2) is 0 Å². The normalized spacial score (nSPS) is 22.2. The molecule has 2 amide bonds.